The molecule has 0 fully saturated rings. The van der Waals surface area contributed by atoms with E-state index < -0.39 is 26.1 Å². The summed E-state index contributed by atoms with van der Waals surface area (Å²) in [5.41, 5.74) is 0.834. The van der Waals surface area contributed by atoms with Gasteiger partial charge in [-0.2, -0.15) is 4.31 Å². The maximum absolute atomic E-state index is 12.7. The van der Waals surface area contributed by atoms with Gasteiger partial charge in [-0.3, -0.25) is 0 Å². The summed E-state index contributed by atoms with van der Waals surface area (Å²) in [7, 11) is -6.37. The lowest BCUT2D eigenvalue weighted by molar-refractivity contribution is 0.398. The van der Waals surface area contributed by atoms with Crippen LogP contribution in [0.2, 0.25) is 0 Å². The smallest absolute Gasteiger partial charge is 0.225 e. The Labute approximate surface area is 136 Å². The topological polar surface area (TPSA) is 97.5 Å². The summed E-state index contributed by atoms with van der Waals surface area (Å²) in [5.74, 6) is 0. The fourth-order valence-corrected chi connectivity index (χ4v) is 4.16. The third kappa shape index (κ3) is 3.78. The third-order valence-corrected chi connectivity index (χ3v) is 6.47. The van der Waals surface area contributed by atoms with Crippen molar-refractivity contribution in [3.05, 3.63) is 60.2 Å². The van der Waals surface area contributed by atoms with Gasteiger partial charge in [0.1, 0.15) is 0 Å². The predicted octanol–water partition coefficient (Wildman–Crippen LogP) is 1.72. The first kappa shape index (κ1) is 17.6. The second kappa shape index (κ2) is 6.40. The van der Waals surface area contributed by atoms with E-state index in [1.165, 1.54) is 29.6 Å². The SMILES string of the molecule is CC(c1ccccc1)N(C)S(=O)(=O)c1cccc(S(N)(=O)=O)c1. The fourth-order valence-electron chi connectivity index (χ4n) is 2.13. The number of nitrogens with zero attached hydrogens (tertiary/aromatic N) is 1. The number of hydrogen-bond donors (Lipinski definition) is 1. The molecule has 2 aromatic carbocycles. The van der Waals surface area contributed by atoms with Crippen LogP contribution in [0.25, 0.3) is 0 Å². The maximum Gasteiger partial charge on any atom is 0.243 e. The molecule has 124 valence electrons. The molecule has 0 aliphatic heterocycles. The Morgan fingerprint density at radius 3 is 2.04 bits per heavy atom. The first-order valence-electron chi connectivity index (χ1n) is 6.80. The molecule has 0 heterocycles. The molecule has 0 bridgehead atoms. The first-order valence-corrected chi connectivity index (χ1v) is 9.78. The molecule has 0 aromatic heterocycles. The van der Waals surface area contributed by atoms with Gasteiger partial charge in [-0.1, -0.05) is 36.4 Å². The molecule has 2 aromatic rings. The summed E-state index contributed by atoms with van der Waals surface area (Å²) in [6, 6.07) is 13.8. The molecule has 6 nitrogen and oxygen atoms in total. The lowest BCUT2D eigenvalue weighted by atomic mass is 10.1. The van der Waals surface area contributed by atoms with Crippen molar-refractivity contribution >= 4 is 20.0 Å². The fraction of sp³-hybridized carbons (Fsp3) is 0.200. The van der Waals surface area contributed by atoms with Crippen molar-refractivity contribution in [2.45, 2.75) is 22.8 Å². The summed E-state index contributed by atoms with van der Waals surface area (Å²) in [6.45, 7) is 1.76. The van der Waals surface area contributed by atoms with E-state index in [0.29, 0.717) is 0 Å². The number of benzene rings is 2. The van der Waals surface area contributed by atoms with Gasteiger partial charge in [0.25, 0.3) is 0 Å². The molecule has 0 spiro atoms. The van der Waals surface area contributed by atoms with Crippen molar-refractivity contribution in [1.82, 2.24) is 4.31 Å². The van der Waals surface area contributed by atoms with Crippen LogP contribution < -0.4 is 5.14 Å². The molecule has 23 heavy (non-hydrogen) atoms. The standard InChI is InChI=1S/C15H18N2O4S2/c1-12(13-7-4-3-5-8-13)17(2)23(20,21)15-10-6-9-14(11-15)22(16,18)19/h3-12H,1-2H3,(H2,16,18,19). The quantitative estimate of drug-likeness (QED) is 0.884. The molecule has 2 rings (SSSR count). The normalized spacial score (nSPS) is 13.9. The molecule has 0 saturated heterocycles. The summed E-state index contributed by atoms with van der Waals surface area (Å²) in [4.78, 5) is -0.353. The van der Waals surface area contributed by atoms with E-state index in [-0.39, 0.29) is 9.79 Å². The van der Waals surface area contributed by atoms with Gasteiger partial charge in [0, 0.05) is 13.1 Å². The molecule has 0 amide bonds. The van der Waals surface area contributed by atoms with Crippen molar-refractivity contribution in [1.29, 1.82) is 0 Å². The summed E-state index contributed by atoms with van der Waals surface area (Å²) in [5, 5.41) is 5.06. The van der Waals surface area contributed by atoms with Crippen molar-refractivity contribution in [3.63, 3.8) is 0 Å². The second-order valence-electron chi connectivity index (χ2n) is 5.13. The molecule has 0 aliphatic rings. The second-order valence-corrected chi connectivity index (χ2v) is 8.69. The van der Waals surface area contributed by atoms with E-state index in [1.807, 2.05) is 30.3 Å². The molecule has 0 aliphatic carbocycles. The van der Waals surface area contributed by atoms with Gasteiger partial charge in [-0.15, -0.1) is 0 Å². The van der Waals surface area contributed by atoms with Crippen LogP contribution in [0.5, 0.6) is 0 Å². The van der Waals surface area contributed by atoms with Gasteiger partial charge in [-0.25, -0.2) is 22.0 Å². The van der Waals surface area contributed by atoms with Crippen molar-refractivity contribution in [2.24, 2.45) is 5.14 Å². The highest BCUT2D eigenvalue weighted by Crippen LogP contribution is 2.26. The van der Waals surface area contributed by atoms with E-state index >= 15 is 0 Å². The number of hydrogen-bond acceptors (Lipinski definition) is 4. The summed E-state index contributed by atoms with van der Waals surface area (Å²) in [6.07, 6.45) is 0. The van der Waals surface area contributed by atoms with Crippen LogP contribution >= 0.6 is 0 Å². The highest BCUT2D eigenvalue weighted by atomic mass is 32.2. The van der Waals surface area contributed by atoms with E-state index in [4.69, 9.17) is 5.14 Å². The molecule has 8 heteroatoms. The van der Waals surface area contributed by atoms with Gasteiger partial charge in [0.2, 0.25) is 20.0 Å². The number of nitrogens with two attached hydrogens (primary N) is 1. The van der Waals surface area contributed by atoms with Gasteiger partial charge in [0.15, 0.2) is 0 Å². The van der Waals surface area contributed by atoms with Gasteiger partial charge in [0.05, 0.1) is 9.79 Å². The lowest BCUT2D eigenvalue weighted by Crippen LogP contribution is -2.30. The van der Waals surface area contributed by atoms with E-state index in [0.717, 1.165) is 11.6 Å². The van der Waals surface area contributed by atoms with Crippen molar-refractivity contribution < 1.29 is 16.8 Å². The van der Waals surface area contributed by atoms with E-state index in [2.05, 4.69) is 0 Å². The van der Waals surface area contributed by atoms with Crippen LogP contribution in [0.3, 0.4) is 0 Å². The zero-order valence-electron chi connectivity index (χ0n) is 12.7. The Balaban J connectivity index is 2.42. The van der Waals surface area contributed by atoms with Gasteiger partial charge in [-0.05, 0) is 30.7 Å². The number of primary sulfonamides is 1. The molecular formula is C15H18N2O4S2. The Morgan fingerprint density at radius 1 is 0.913 bits per heavy atom. The molecule has 0 radical (unpaired) electrons. The zero-order chi connectivity index (χ0) is 17.3. The maximum atomic E-state index is 12.7. The lowest BCUT2D eigenvalue weighted by Gasteiger charge is -2.24. The van der Waals surface area contributed by atoms with Crippen molar-refractivity contribution in [3.8, 4) is 0 Å². The highest BCUT2D eigenvalue weighted by Gasteiger charge is 2.27. The third-order valence-electron chi connectivity index (χ3n) is 3.64. The van der Waals surface area contributed by atoms with Crippen LogP contribution in [0.1, 0.15) is 18.5 Å². The van der Waals surface area contributed by atoms with E-state index in [1.54, 1.807) is 6.92 Å². The van der Waals surface area contributed by atoms with Crippen LogP contribution in [0.4, 0.5) is 0 Å². The van der Waals surface area contributed by atoms with Crippen LogP contribution in [-0.4, -0.2) is 28.2 Å². The van der Waals surface area contributed by atoms with Gasteiger partial charge < -0.3 is 0 Å². The monoisotopic (exact) mass is 354 g/mol. The zero-order valence-corrected chi connectivity index (χ0v) is 14.4. The average Bonchev–Trinajstić information content (AvgIpc) is 2.53. The van der Waals surface area contributed by atoms with Crippen LogP contribution in [-0.2, 0) is 20.0 Å². The van der Waals surface area contributed by atoms with Crippen LogP contribution in [0.15, 0.2) is 64.4 Å². The minimum absolute atomic E-state index is 0.116. The molecule has 1 atom stereocenters. The highest BCUT2D eigenvalue weighted by molar-refractivity contribution is 7.90. The number of rotatable bonds is 5. The van der Waals surface area contributed by atoms with Gasteiger partial charge >= 0.3 is 0 Å². The van der Waals surface area contributed by atoms with Crippen molar-refractivity contribution in [2.75, 3.05) is 7.05 Å². The molecule has 0 saturated carbocycles. The summed E-state index contributed by atoms with van der Waals surface area (Å²) >= 11 is 0. The Hall–Kier alpha value is -1.74. The first-order chi connectivity index (χ1) is 10.6. The largest absolute Gasteiger partial charge is 0.243 e. The Bertz CT molecular complexity index is 894. The molecular weight excluding hydrogens is 336 g/mol. The van der Waals surface area contributed by atoms with E-state index in [9.17, 15) is 16.8 Å². The minimum atomic E-state index is -3.97. The molecule has 1 unspecified atom stereocenters. The number of sulfonamides is 2. The Morgan fingerprint density at radius 2 is 1.48 bits per heavy atom. The average molecular weight is 354 g/mol. The predicted molar refractivity (Wildman–Crippen MR) is 87.6 cm³/mol. The van der Waals surface area contributed by atoms with Crippen LogP contribution in [0, 0.1) is 0 Å². The Kier molecular flexibility index (Phi) is 4.90. The molecule has 2 N–H and O–H groups in total. The summed E-state index contributed by atoms with van der Waals surface area (Å²) < 4.78 is 49.4. The minimum Gasteiger partial charge on any atom is -0.225 e.